The smallest absolute Gasteiger partial charge is 0.120 e. The van der Waals surface area contributed by atoms with Crippen LogP contribution < -0.4 is 4.74 Å². The van der Waals surface area contributed by atoms with Gasteiger partial charge in [-0.2, -0.15) is 5.10 Å². The molecule has 20 heavy (non-hydrogen) atoms. The first-order valence-electron chi connectivity index (χ1n) is 6.53. The van der Waals surface area contributed by atoms with Crippen LogP contribution in [0.1, 0.15) is 17.5 Å². The van der Waals surface area contributed by atoms with Crippen molar-refractivity contribution < 1.29 is 4.74 Å². The molecule has 1 aromatic heterocycles. The molecule has 104 valence electrons. The van der Waals surface area contributed by atoms with Gasteiger partial charge in [-0.25, -0.2) is 0 Å². The molecular formula is C16H17ClN2O. The number of benzene rings is 1. The van der Waals surface area contributed by atoms with E-state index in [1.54, 1.807) is 4.68 Å². The summed E-state index contributed by atoms with van der Waals surface area (Å²) in [5.74, 6) is 7.49. The molecule has 3 nitrogen and oxygen atoms in total. The van der Waals surface area contributed by atoms with Gasteiger partial charge >= 0.3 is 0 Å². The molecule has 0 atom stereocenters. The van der Waals surface area contributed by atoms with E-state index in [9.17, 15) is 0 Å². The van der Waals surface area contributed by atoms with Gasteiger partial charge in [0.15, 0.2) is 0 Å². The van der Waals surface area contributed by atoms with Gasteiger partial charge in [0.1, 0.15) is 5.75 Å². The van der Waals surface area contributed by atoms with Crippen LogP contribution >= 0.6 is 11.6 Å². The minimum Gasteiger partial charge on any atom is -0.493 e. The first-order chi connectivity index (χ1) is 9.78. The Bertz CT molecular complexity index is 610. The van der Waals surface area contributed by atoms with Crippen LogP contribution in [0.15, 0.2) is 36.7 Å². The van der Waals surface area contributed by atoms with Crippen LogP contribution in [0, 0.1) is 11.8 Å². The maximum Gasteiger partial charge on any atom is 0.120 e. The molecular weight excluding hydrogens is 272 g/mol. The zero-order valence-electron chi connectivity index (χ0n) is 11.5. The molecule has 0 saturated heterocycles. The van der Waals surface area contributed by atoms with Crippen LogP contribution in [0.5, 0.6) is 5.75 Å². The monoisotopic (exact) mass is 288 g/mol. The van der Waals surface area contributed by atoms with Gasteiger partial charge in [0, 0.05) is 37.5 Å². The number of aryl methyl sites for hydroxylation is 1. The Morgan fingerprint density at radius 3 is 3.05 bits per heavy atom. The molecule has 0 spiro atoms. The average Bonchev–Trinajstić information content (AvgIpc) is 2.85. The lowest BCUT2D eigenvalue weighted by Gasteiger charge is -2.05. The highest BCUT2D eigenvalue weighted by Crippen LogP contribution is 2.13. The van der Waals surface area contributed by atoms with Crippen molar-refractivity contribution in [3.8, 4) is 17.6 Å². The maximum atomic E-state index is 5.74. The molecule has 0 N–H and O–H groups in total. The maximum absolute atomic E-state index is 5.74. The minimum atomic E-state index is 0.564. The first kappa shape index (κ1) is 14.5. The van der Waals surface area contributed by atoms with Crippen molar-refractivity contribution in [2.75, 3.05) is 12.5 Å². The van der Waals surface area contributed by atoms with Gasteiger partial charge in [0.25, 0.3) is 0 Å². The average molecular weight is 289 g/mol. The Kier molecular flexibility index (Phi) is 5.52. The Hall–Kier alpha value is -1.92. The summed E-state index contributed by atoms with van der Waals surface area (Å²) in [6, 6.07) is 7.81. The molecule has 0 aliphatic carbocycles. The van der Waals surface area contributed by atoms with E-state index < -0.39 is 0 Å². The number of hydrogen-bond acceptors (Lipinski definition) is 2. The number of ether oxygens (including phenoxy) is 1. The molecule has 0 unspecified atom stereocenters. The van der Waals surface area contributed by atoms with Gasteiger partial charge in [-0.15, -0.1) is 11.6 Å². The number of halogens is 1. The van der Waals surface area contributed by atoms with Gasteiger partial charge in [0.2, 0.25) is 0 Å². The number of hydrogen-bond donors (Lipinski definition) is 0. The molecule has 0 fully saturated rings. The lowest BCUT2D eigenvalue weighted by Crippen LogP contribution is -2.00. The molecule has 4 heteroatoms. The highest BCUT2D eigenvalue weighted by atomic mass is 35.5. The van der Waals surface area contributed by atoms with Crippen LogP contribution in [0.2, 0.25) is 0 Å². The van der Waals surface area contributed by atoms with Crippen molar-refractivity contribution in [3.05, 3.63) is 47.8 Å². The SMILES string of the molecule is Cn1cc(CCOc2cccc(C#CCCCl)c2)cn1. The third kappa shape index (κ3) is 4.64. The number of rotatable bonds is 5. The molecule has 1 heterocycles. The van der Waals surface area contributed by atoms with E-state index in [0.29, 0.717) is 18.9 Å². The summed E-state index contributed by atoms with van der Waals surface area (Å²) >= 11 is 5.59. The summed E-state index contributed by atoms with van der Waals surface area (Å²) in [5.41, 5.74) is 2.12. The highest BCUT2D eigenvalue weighted by molar-refractivity contribution is 6.18. The standard InChI is InChI=1S/C16H17ClN2O/c1-19-13-15(12-18-19)8-10-20-16-7-4-6-14(11-16)5-2-3-9-17/h4,6-7,11-13H,3,8-10H2,1H3. The van der Waals surface area contributed by atoms with Crippen LogP contribution in [0.4, 0.5) is 0 Å². The molecule has 1 aromatic carbocycles. The number of aromatic nitrogens is 2. The molecule has 0 bridgehead atoms. The molecule has 0 radical (unpaired) electrons. The summed E-state index contributed by atoms with van der Waals surface area (Å²) in [5, 5.41) is 4.13. The largest absolute Gasteiger partial charge is 0.493 e. The van der Waals surface area contributed by atoms with E-state index >= 15 is 0 Å². The zero-order valence-corrected chi connectivity index (χ0v) is 12.2. The fourth-order valence-electron chi connectivity index (χ4n) is 1.76. The van der Waals surface area contributed by atoms with Gasteiger partial charge in [-0.1, -0.05) is 17.9 Å². The molecule has 0 aliphatic heterocycles. The van der Waals surface area contributed by atoms with Crippen molar-refractivity contribution in [2.45, 2.75) is 12.8 Å². The van der Waals surface area contributed by atoms with E-state index in [4.69, 9.17) is 16.3 Å². The van der Waals surface area contributed by atoms with E-state index in [1.807, 2.05) is 43.7 Å². The predicted octanol–water partition coefficient (Wildman–Crippen LogP) is 3.02. The van der Waals surface area contributed by atoms with Crippen LogP contribution in [0.25, 0.3) is 0 Å². The molecule has 0 saturated carbocycles. The van der Waals surface area contributed by atoms with Gasteiger partial charge in [-0.3, -0.25) is 4.68 Å². The van der Waals surface area contributed by atoms with E-state index in [2.05, 4.69) is 16.9 Å². The van der Waals surface area contributed by atoms with Crippen molar-refractivity contribution in [3.63, 3.8) is 0 Å². The summed E-state index contributed by atoms with van der Waals surface area (Å²) in [7, 11) is 1.91. The molecule has 0 amide bonds. The number of alkyl halides is 1. The zero-order chi connectivity index (χ0) is 14.2. The second-order valence-corrected chi connectivity index (χ2v) is 4.77. The summed E-state index contributed by atoms with van der Waals surface area (Å²) < 4.78 is 7.53. The first-order valence-corrected chi connectivity index (χ1v) is 7.06. The lowest BCUT2D eigenvalue weighted by molar-refractivity contribution is 0.322. The fraction of sp³-hybridized carbons (Fsp3) is 0.312. The minimum absolute atomic E-state index is 0.564. The van der Waals surface area contributed by atoms with Crippen molar-refractivity contribution in [2.24, 2.45) is 7.05 Å². The van der Waals surface area contributed by atoms with E-state index in [1.165, 1.54) is 5.56 Å². The van der Waals surface area contributed by atoms with Crippen molar-refractivity contribution >= 4 is 11.6 Å². The molecule has 2 rings (SSSR count). The highest BCUT2D eigenvalue weighted by Gasteiger charge is 1.98. The third-order valence-corrected chi connectivity index (χ3v) is 2.89. The summed E-state index contributed by atoms with van der Waals surface area (Å²) in [6.45, 7) is 0.629. The Balaban J connectivity index is 1.87. The fourth-order valence-corrected chi connectivity index (χ4v) is 1.86. The Labute approximate surface area is 124 Å². The normalized spacial score (nSPS) is 9.90. The number of nitrogens with zero attached hydrogens (tertiary/aromatic N) is 2. The summed E-state index contributed by atoms with van der Waals surface area (Å²) in [4.78, 5) is 0. The van der Waals surface area contributed by atoms with Crippen molar-refractivity contribution in [1.29, 1.82) is 0 Å². The third-order valence-electron chi connectivity index (χ3n) is 2.70. The van der Waals surface area contributed by atoms with Crippen LogP contribution in [0.3, 0.4) is 0 Å². The van der Waals surface area contributed by atoms with Crippen LogP contribution in [-0.2, 0) is 13.5 Å². The quantitative estimate of drug-likeness (QED) is 0.625. The van der Waals surface area contributed by atoms with Crippen LogP contribution in [-0.4, -0.2) is 22.3 Å². The second kappa shape index (κ2) is 7.62. The van der Waals surface area contributed by atoms with E-state index in [0.717, 1.165) is 17.7 Å². The van der Waals surface area contributed by atoms with E-state index in [-0.39, 0.29) is 0 Å². The second-order valence-electron chi connectivity index (χ2n) is 4.39. The molecule has 0 aliphatic rings. The Morgan fingerprint density at radius 2 is 2.30 bits per heavy atom. The summed E-state index contributed by atoms with van der Waals surface area (Å²) in [6.07, 6.45) is 5.40. The topological polar surface area (TPSA) is 27.1 Å². The predicted molar refractivity (Wildman–Crippen MR) is 81.1 cm³/mol. The van der Waals surface area contributed by atoms with Gasteiger partial charge in [0.05, 0.1) is 12.8 Å². The molecule has 2 aromatic rings. The Morgan fingerprint density at radius 1 is 1.40 bits per heavy atom. The lowest BCUT2D eigenvalue weighted by atomic mass is 10.2. The van der Waals surface area contributed by atoms with Gasteiger partial charge < -0.3 is 4.74 Å². The van der Waals surface area contributed by atoms with Gasteiger partial charge in [-0.05, 0) is 23.8 Å². The van der Waals surface area contributed by atoms with Crippen molar-refractivity contribution in [1.82, 2.24) is 9.78 Å².